The van der Waals surface area contributed by atoms with E-state index in [-0.39, 0.29) is 0 Å². The largest absolute Gasteiger partial charge is 0.411 e. The van der Waals surface area contributed by atoms with Crippen molar-refractivity contribution in [3.63, 3.8) is 0 Å². The summed E-state index contributed by atoms with van der Waals surface area (Å²) in [6, 6.07) is 8.02. The van der Waals surface area contributed by atoms with Crippen molar-refractivity contribution in [2.24, 2.45) is 5.16 Å². The first-order valence-electron chi connectivity index (χ1n) is 4.06. The van der Waals surface area contributed by atoms with Crippen molar-refractivity contribution in [1.29, 1.82) is 0 Å². The van der Waals surface area contributed by atoms with E-state index in [1.165, 1.54) is 5.56 Å². The Labute approximate surface area is 72.5 Å². The van der Waals surface area contributed by atoms with Crippen LogP contribution in [0.1, 0.15) is 25.0 Å². The van der Waals surface area contributed by atoms with E-state index in [9.17, 15) is 0 Å². The van der Waals surface area contributed by atoms with Crippen LogP contribution in [0.4, 0.5) is 0 Å². The third-order valence-corrected chi connectivity index (χ3v) is 1.93. The molecule has 0 aliphatic heterocycles. The molecule has 0 saturated heterocycles. The van der Waals surface area contributed by atoms with Crippen molar-refractivity contribution in [3.05, 3.63) is 35.4 Å². The lowest BCUT2D eigenvalue weighted by molar-refractivity contribution is 0.319. The number of benzene rings is 1. The van der Waals surface area contributed by atoms with Gasteiger partial charge in [-0.2, -0.15) is 0 Å². The third kappa shape index (κ3) is 1.84. The van der Waals surface area contributed by atoms with E-state index in [4.69, 9.17) is 5.21 Å². The Bertz CT molecular complexity index is 274. The average molecular weight is 163 g/mol. The van der Waals surface area contributed by atoms with Crippen LogP contribution in [0.5, 0.6) is 0 Å². The van der Waals surface area contributed by atoms with E-state index in [1.807, 2.05) is 24.3 Å². The zero-order valence-electron chi connectivity index (χ0n) is 7.41. The fourth-order valence-corrected chi connectivity index (χ4v) is 1.04. The standard InChI is InChI=1S/C10H13NO/c1-3-9-4-6-10(7-5-9)8(2)11-12/h4-7,12H,3H2,1-2H3. The molecule has 0 spiro atoms. The van der Waals surface area contributed by atoms with Crippen LogP contribution in [0.2, 0.25) is 0 Å². The molecule has 1 rings (SSSR count). The number of aryl methyl sites for hydroxylation is 1. The molecule has 1 aromatic rings. The van der Waals surface area contributed by atoms with Gasteiger partial charge in [0, 0.05) is 0 Å². The number of rotatable bonds is 2. The zero-order chi connectivity index (χ0) is 8.97. The summed E-state index contributed by atoms with van der Waals surface area (Å²) in [4.78, 5) is 0. The lowest BCUT2D eigenvalue weighted by atomic mass is 10.1. The molecule has 0 unspecified atom stereocenters. The van der Waals surface area contributed by atoms with E-state index in [1.54, 1.807) is 6.92 Å². The molecule has 0 aliphatic rings. The van der Waals surface area contributed by atoms with Crippen LogP contribution >= 0.6 is 0 Å². The minimum Gasteiger partial charge on any atom is -0.411 e. The molecule has 0 amide bonds. The van der Waals surface area contributed by atoms with Gasteiger partial charge in [-0.15, -0.1) is 0 Å². The van der Waals surface area contributed by atoms with E-state index in [2.05, 4.69) is 12.1 Å². The van der Waals surface area contributed by atoms with Gasteiger partial charge < -0.3 is 5.21 Å². The molecule has 12 heavy (non-hydrogen) atoms. The van der Waals surface area contributed by atoms with E-state index in [0.29, 0.717) is 5.71 Å². The Morgan fingerprint density at radius 2 is 1.92 bits per heavy atom. The minimum absolute atomic E-state index is 0.651. The lowest BCUT2D eigenvalue weighted by Gasteiger charge is -1.99. The zero-order valence-corrected chi connectivity index (χ0v) is 7.41. The van der Waals surface area contributed by atoms with Gasteiger partial charge >= 0.3 is 0 Å². The van der Waals surface area contributed by atoms with Gasteiger partial charge in [-0.1, -0.05) is 36.3 Å². The van der Waals surface area contributed by atoms with Gasteiger partial charge in [0.25, 0.3) is 0 Å². The smallest absolute Gasteiger partial charge is 0.0836 e. The molecule has 0 heterocycles. The quantitative estimate of drug-likeness (QED) is 0.405. The molecule has 0 aliphatic carbocycles. The van der Waals surface area contributed by atoms with Crippen LogP contribution in [0.15, 0.2) is 29.4 Å². The highest BCUT2D eigenvalue weighted by Gasteiger charge is 1.96. The van der Waals surface area contributed by atoms with Crippen LogP contribution in [0, 0.1) is 0 Å². The molecule has 64 valence electrons. The van der Waals surface area contributed by atoms with Gasteiger partial charge in [0.05, 0.1) is 5.71 Å². The lowest BCUT2D eigenvalue weighted by Crippen LogP contribution is -1.94. The fraction of sp³-hybridized carbons (Fsp3) is 0.300. The summed E-state index contributed by atoms with van der Waals surface area (Å²) in [6.45, 7) is 3.89. The maximum atomic E-state index is 8.50. The molecule has 1 aromatic carbocycles. The first kappa shape index (κ1) is 8.78. The van der Waals surface area contributed by atoms with Crippen LogP contribution in [0.25, 0.3) is 0 Å². The second-order valence-corrected chi connectivity index (χ2v) is 2.74. The van der Waals surface area contributed by atoms with Gasteiger partial charge in [-0.05, 0) is 24.5 Å². The Morgan fingerprint density at radius 1 is 1.33 bits per heavy atom. The van der Waals surface area contributed by atoms with Gasteiger partial charge in [0.1, 0.15) is 0 Å². The average Bonchev–Trinajstić information content (AvgIpc) is 2.17. The first-order chi connectivity index (χ1) is 5.77. The molecular weight excluding hydrogens is 150 g/mol. The molecule has 2 nitrogen and oxygen atoms in total. The second kappa shape index (κ2) is 3.90. The predicted octanol–water partition coefficient (Wildman–Crippen LogP) is 2.45. The molecule has 0 aromatic heterocycles. The Hall–Kier alpha value is -1.31. The van der Waals surface area contributed by atoms with Crippen LogP contribution in [-0.2, 0) is 6.42 Å². The predicted molar refractivity (Wildman–Crippen MR) is 49.8 cm³/mol. The van der Waals surface area contributed by atoms with Crippen molar-refractivity contribution in [3.8, 4) is 0 Å². The third-order valence-electron chi connectivity index (χ3n) is 1.93. The summed E-state index contributed by atoms with van der Waals surface area (Å²) in [5.74, 6) is 0. The van der Waals surface area contributed by atoms with Crippen molar-refractivity contribution in [1.82, 2.24) is 0 Å². The Balaban J connectivity index is 2.92. The van der Waals surface area contributed by atoms with Gasteiger partial charge in [-0.25, -0.2) is 0 Å². The molecule has 0 atom stereocenters. The van der Waals surface area contributed by atoms with Crippen LogP contribution in [0.3, 0.4) is 0 Å². The highest BCUT2D eigenvalue weighted by atomic mass is 16.4. The maximum absolute atomic E-state index is 8.50. The van der Waals surface area contributed by atoms with Crippen molar-refractivity contribution in [2.45, 2.75) is 20.3 Å². The maximum Gasteiger partial charge on any atom is 0.0836 e. The van der Waals surface area contributed by atoms with Crippen LogP contribution in [-0.4, -0.2) is 10.9 Å². The van der Waals surface area contributed by atoms with Crippen molar-refractivity contribution >= 4 is 5.71 Å². The summed E-state index contributed by atoms with van der Waals surface area (Å²) >= 11 is 0. The first-order valence-corrected chi connectivity index (χ1v) is 4.06. The van der Waals surface area contributed by atoms with Gasteiger partial charge in [-0.3, -0.25) is 0 Å². The second-order valence-electron chi connectivity index (χ2n) is 2.74. The number of hydrogen-bond donors (Lipinski definition) is 1. The summed E-state index contributed by atoms with van der Waals surface area (Å²) in [6.07, 6.45) is 1.04. The Morgan fingerprint density at radius 3 is 2.33 bits per heavy atom. The molecular formula is C10H13NO. The highest BCUT2D eigenvalue weighted by Crippen LogP contribution is 2.05. The molecule has 0 radical (unpaired) electrons. The number of hydrogen-bond acceptors (Lipinski definition) is 2. The van der Waals surface area contributed by atoms with Crippen molar-refractivity contribution in [2.75, 3.05) is 0 Å². The summed E-state index contributed by atoms with van der Waals surface area (Å²) in [5.41, 5.74) is 2.91. The molecule has 0 fully saturated rings. The number of nitrogens with zero attached hydrogens (tertiary/aromatic N) is 1. The van der Waals surface area contributed by atoms with Gasteiger partial charge in [0.2, 0.25) is 0 Å². The summed E-state index contributed by atoms with van der Waals surface area (Å²) in [5, 5.41) is 11.6. The SMILES string of the molecule is CCc1ccc(C(C)=NO)cc1. The van der Waals surface area contributed by atoms with E-state index < -0.39 is 0 Å². The summed E-state index contributed by atoms with van der Waals surface area (Å²) < 4.78 is 0. The topological polar surface area (TPSA) is 32.6 Å². The van der Waals surface area contributed by atoms with Crippen LogP contribution < -0.4 is 0 Å². The molecule has 0 saturated carbocycles. The van der Waals surface area contributed by atoms with Gasteiger partial charge in [0.15, 0.2) is 0 Å². The van der Waals surface area contributed by atoms with Crippen molar-refractivity contribution < 1.29 is 5.21 Å². The van der Waals surface area contributed by atoms with E-state index >= 15 is 0 Å². The molecule has 2 heteroatoms. The monoisotopic (exact) mass is 163 g/mol. The molecule has 1 N–H and O–H groups in total. The van der Waals surface area contributed by atoms with E-state index in [0.717, 1.165) is 12.0 Å². The Kier molecular flexibility index (Phi) is 2.86. The minimum atomic E-state index is 0.651. The summed E-state index contributed by atoms with van der Waals surface area (Å²) in [7, 11) is 0. The number of oxime groups is 1. The fourth-order valence-electron chi connectivity index (χ4n) is 1.04. The normalized spacial score (nSPS) is 11.7. The molecule has 0 bridgehead atoms. The highest BCUT2D eigenvalue weighted by molar-refractivity contribution is 5.98.